The summed E-state index contributed by atoms with van der Waals surface area (Å²) in [4.78, 5) is 13.3. The van der Waals surface area contributed by atoms with Gasteiger partial charge in [0.1, 0.15) is 5.75 Å². The molecule has 0 spiro atoms. The smallest absolute Gasteiger partial charge is 0.239 e. The average molecular weight is 235 g/mol. The normalized spacial score (nSPS) is 22.8. The zero-order valence-electron chi connectivity index (χ0n) is 8.99. The van der Waals surface area contributed by atoms with E-state index in [0.717, 1.165) is 6.54 Å². The van der Waals surface area contributed by atoms with E-state index < -0.39 is 15.8 Å². The molecule has 0 aromatic carbocycles. The van der Waals surface area contributed by atoms with Gasteiger partial charge in [-0.25, -0.2) is 13.1 Å². The van der Waals surface area contributed by atoms with Gasteiger partial charge in [-0.1, -0.05) is 0 Å². The van der Waals surface area contributed by atoms with Gasteiger partial charge in [-0.2, -0.15) is 0 Å². The van der Waals surface area contributed by atoms with Crippen molar-refractivity contribution in [3.8, 4) is 0 Å². The van der Waals surface area contributed by atoms with E-state index in [9.17, 15) is 13.2 Å². The third-order valence-electron chi connectivity index (χ3n) is 2.45. The Labute approximate surface area is 90.1 Å². The van der Waals surface area contributed by atoms with Crippen LogP contribution in [0.25, 0.3) is 0 Å². The maximum atomic E-state index is 11.7. The van der Waals surface area contributed by atoms with Crippen LogP contribution in [-0.4, -0.2) is 57.7 Å². The van der Waals surface area contributed by atoms with Gasteiger partial charge in [0.2, 0.25) is 15.9 Å². The number of sulfonamides is 1. The molecule has 0 aromatic heterocycles. The Hall–Kier alpha value is -0.660. The maximum absolute atomic E-state index is 11.7. The number of hydrogen-bond donors (Lipinski definition) is 2. The van der Waals surface area contributed by atoms with Crippen molar-refractivity contribution in [2.24, 2.45) is 0 Å². The van der Waals surface area contributed by atoms with E-state index in [-0.39, 0.29) is 11.9 Å². The monoisotopic (exact) mass is 235 g/mol. The number of piperazine rings is 1. The third kappa shape index (κ3) is 3.44. The molecule has 7 heteroatoms. The summed E-state index contributed by atoms with van der Waals surface area (Å²) < 4.78 is 24.5. The fraction of sp³-hybridized carbons (Fsp3) is 0.875. The van der Waals surface area contributed by atoms with E-state index in [1.165, 1.54) is 7.05 Å². The maximum Gasteiger partial charge on any atom is 0.239 e. The van der Waals surface area contributed by atoms with Crippen molar-refractivity contribution in [1.82, 2.24) is 14.9 Å². The topological polar surface area (TPSA) is 78.5 Å². The number of rotatable bonds is 3. The van der Waals surface area contributed by atoms with Crippen LogP contribution in [0.3, 0.4) is 0 Å². The number of hydrogen-bond acceptors (Lipinski definition) is 4. The molecule has 1 fully saturated rings. The number of amides is 1. The van der Waals surface area contributed by atoms with Gasteiger partial charge in [0.15, 0.2) is 0 Å². The minimum atomic E-state index is -3.45. The van der Waals surface area contributed by atoms with E-state index >= 15 is 0 Å². The van der Waals surface area contributed by atoms with Gasteiger partial charge in [0.05, 0.1) is 0 Å². The van der Waals surface area contributed by atoms with Crippen molar-refractivity contribution >= 4 is 15.9 Å². The van der Waals surface area contributed by atoms with Gasteiger partial charge >= 0.3 is 0 Å². The van der Waals surface area contributed by atoms with Crippen LogP contribution >= 0.6 is 0 Å². The minimum Gasteiger partial charge on any atom is -0.337 e. The van der Waals surface area contributed by atoms with E-state index in [0.29, 0.717) is 13.1 Å². The van der Waals surface area contributed by atoms with Crippen LogP contribution in [0.5, 0.6) is 0 Å². The Morgan fingerprint density at radius 3 is 2.80 bits per heavy atom. The fourth-order valence-corrected chi connectivity index (χ4v) is 2.16. The molecule has 0 unspecified atom stereocenters. The molecule has 0 aromatic rings. The molecule has 1 saturated heterocycles. The summed E-state index contributed by atoms with van der Waals surface area (Å²) in [5.41, 5.74) is 0. The highest BCUT2D eigenvalue weighted by molar-refractivity contribution is 7.90. The van der Waals surface area contributed by atoms with Gasteiger partial charge in [-0.3, -0.25) is 4.79 Å². The van der Waals surface area contributed by atoms with E-state index in [4.69, 9.17) is 0 Å². The first-order valence-electron chi connectivity index (χ1n) is 4.87. The highest BCUT2D eigenvalue weighted by Crippen LogP contribution is 2.03. The largest absolute Gasteiger partial charge is 0.337 e. The van der Waals surface area contributed by atoms with Crippen molar-refractivity contribution in [3.05, 3.63) is 0 Å². The Balaban J connectivity index is 2.60. The summed E-state index contributed by atoms with van der Waals surface area (Å²) in [6.45, 7) is 3.90. The number of carbonyl (C=O) groups is 1. The van der Waals surface area contributed by atoms with Crippen LogP contribution in [0, 0.1) is 0 Å². The summed E-state index contributed by atoms with van der Waals surface area (Å²) in [5.74, 6) is -0.799. The Morgan fingerprint density at radius 2 is 2.27 bits per heavy atom. The summed E-state index contributed by atoms with van der Waals surface area (Å²) >= 11 is 0. The zero-order valence-corrected chi connectivity index (χ0v) is 9.80. The molecule has 1 amide bonds. The molecule has 6 nitrogen and oxygen atoms in total. The predicted molar refractivity (Wildman–Crippen MR) is 56.9 cm³/mol. The first kappa shape index (κ1) is 12.4. The van der Waals surface area contributed by atoms with Gasteiger partial charge < -0.3 is 10.2 Å². The molecule has 15 heavy (non-hydrogen) atoms. The molecule has 0 saturated carbocycles. The first-order chi connectivity index (χ1) is 6.96. The average Bonchev–Trinajstić information content (AvgIpc) is 2.17. The molecule has 1 aliphatic heterocycles. The number of carbonyl (C=O) groups excluding carboxylic acids is 1. The van der Waals surface area contributed by atoms with Crippen molar-refractivity contribution < 1.29 is 13.2 Å². The minimum absolute atomic E-state index is 0.0540. The lowest BCUT2D eigenvalue weighted by molar-refractivity contribution is -0.131. The van der Waals surface area contributed by atoms with Crippen molar-refractivity contribution in [1.29, 1.82) is 0 Å². The summed E-state index contributed by atoms with van der Waals surface area (Å²) in [7, 11) is -2.14. The molecule has 1 heterocycles. The SMILES string of the molecule is CNS(=O)(=O)CC(=O)N1CCNC[C@H]1C. The predicted octanol–water partition coefficient (Wildman–Crippen LogP) is -1.64. The number of nitrogens with zero attached hydrogens (tertiary/aromatic N) is 1. The number of nitrogens with one attached hydrogen (secondary N) is 2. The van der Waals surface area contributed by atoms with E-state index in [2.05, 4.69) is 10.0 Å². The molecule has 1 rings (SSSR count). The van der Waals surface area contributed by atoms with Crippen LogP contribution < -0.4 is 10.0 Å². The molecule has 0 radical (unpaired) electrons. The molecule has 0 bridgehead atoms. The Kier molecular flexibility index (Phi) is 4.06. The van der Waals surface area contributed by atoms with Gasteiger partial charge in [-0.15, -0.1) is 0 Å². The second-order valence-corrected chi connectivity index (χ2v) is 5.53. The van der Waals surface area contributed by atoms with Crippen LogP contribution in [0.15, 0.2) is 0 Å². The standard InChI is InChI=1S/C8H17N3O3S/c1-7-5-10-3-4-11(7)8(12)6-15(13,14)9-2/h7,9-10H,3-6H2,1-2H3/t7-/m1/s1. The highest BCUT2D eigenvalue weighted by atomic mass is 32.2. The molecule has 1 aliphatic rings. The lowest BCUT2D eigenvalue weighted by Crippen LogP contribution is -2.54. The van der Waals surface area contributed by atoms with Crippen LogP contribution in [0.4, 0.5) is 0 Å². The molecular formula is C8H17N3O3S. The molecular weight excluding hydrogens is 218 g/mol. The second kappa shape index (κ2) is 4.91. The van der Waals surface area contributed by atoms with Crippen molar-refractivity contribution in [2.75, 3.05) is 32.4 Å². The Morgan fingerprint density at radius 1 is 1.60 bits per heavy atom. The van der Waals surface area contributed by atoms with Crippen molar-refractivity contribution in [2.45, 2.75) is 13.0 Å². The lowest BCUT2D eigenvalue weighted by atomic mass is 10.2. The lowest BCUT2D eigenvalue weighted by Gasteiger charge is -2.33. The van der Waals surface area contributed by atoms with Gasteiger partial charge in [0, 0.05) is 25.7 Å². The second-order valence-electron chi connectivity index (χ2n) is 3.60. The fourth-order valence-electron chi connectivity index (χ4n) is 1.53. The van der Waals surface area contributed by atoms with Gasteiger partial charge in [-0.05, 0) is 14.0 Å². The first-order valence-corrected chi connectivity index (χ1v) is 6.53. The highest BCUT2D eigenvalue weighted by Gasteiger charge is 2.26. The molecule has 88 valence electrons. The Bertz CT molecular complexity index is 328. The quantitative estimate of drug-likeness (QED) is 0.615. The molecule has 0 aliphatic carbocycles. The third-order valence-corrected chi connectivity index (χ3v) is 3.70. The zero-order chi connectivity index (χ0) is 11.5. The summed E-state index contributed by atoms with van der Waals surface area (Å²) in [6.07, 6.45) is 0. The summed E-state index contributed by atoms with van der Waals surface area (Å²) in [5, 5.41) is 3.14. The van der Waals surface area contributed by atoms with Crippen LogP contribution in [0.1, 0.15) is 6.92 Å². The van der Waals surface area contributed by atoms with Gasteiger partial charge in [0.25, 0.3) is 0 Å². The van der Waals surface area contributed by atoms with Crippen molar-refractivity contribution in [3.63, 3.8) is 0 Å². The van der Waals surface area contributed by atoms with Crippen LogP contribution in [-0.2, 0) is 14.8 Å². The van der Waals surface area contributed by atoms with E-state index in [1.807, 2.05) is 6.92 Å². The van der Waals surface area contributed by atoms with Crippen LogP contribution in [0.2, 0.25) is 0 Å². The summed E-state index contributed by atoms with van der Waals surface area (Å²) in [6, 6.07) is 0.0540. The molecule has 2 N–H and O–H groups in total. The van der Waals surface area contributed by atoms with E-state index in [1.54, 1.807) is 4.90 Å². The molecule has 1 atom stereocenters.